The van der Waals surface area contributed by atoms with Gasteiger partial charge in [-0.15, -0.1) is 0 Å². The third-order valence-electron chi connectivity index (χ3n) is 7.18. The number of anilines is 1. The van der Waals surface area contributed by atoms with E-state index in [2.05, 4.69) is 24.3 Å². The molecule has 6 nitrogen and oxygen atoms in total. The first kappa shape index (κ1) is 23.1. The zero-order chi connectivity index (χ0) is 25.6. The summed E-state index contributed by atoms with van der Waals surface area (Å²) in [5.41, 5.74) is 4.58. The molecule has 0 saturated carbocycles. The first-order chi connectivity index (χ1) is 17.9. The number of benzene rings is 3. The van der Waals surface area contributed by atoms with Gasteiger partial charge < -0.3 is 10.1 Å². The van der Waals surface area contributed by atoms with E-state index in [1.807, 2.05) is 84.9 Å². The summed E-state index contributed by atoms with van der Waals surface area (Å²) in [6, 6.07) is 27.3. The summed E-state index contributed by atoms with van der Waals surface area (Å²) in [4.78, 5) is 27.3. The van der Waals surface area contributed by atoms with Gasteiger partial charge in [0.1, 0.15) is 18.2 Å². The van der Waals surface area contributed by atoms with Crippen LogP contribution >= 0.6 is 0 Å². The maximum absolute atomic E-state index is 13.8. The zero-order valence-corrected chi connectivity index (χ0v) is 21.0. The smallest absolute Gasteiger partial charge is 0.277 e. The molecule has 6 heteroatoms. The number of H-pyrrole nitrogens is 1. The Bertz CT molecular complexity index is 1540. The van der Waals surface area contributed by atoms with Crippen molar-refractivity contribution in [2.75, 3.05) is 5.32 Å². The molecule has 1 aliphatic heterocycles. The Morgan fingerprint density at radius 3 is 2.27 bits per heavy atom. The van der Waals surface area contributed by atoms with E-state index in [9.17, 15) is 9.59 Å². The van der Waals surface area contributed by atoms with Gasteiger partial charge in [-0.1, -0.05) is 74.5 Å². The highest BCUT2D eigenvalue weighted by Crippen LogP contribution is 2.48. The van der Waals surface area contributed by atoms with Crippen LogP contribution in [0.4, 0.5) is 5.82 Å². The first-order valence-corrected chi connectivity index (χ1v) is 12.6. The SMILES string of the molecule is CC1(C)CC(=O)C2=C(C1)Nc1[nH]n(-c3ccccc3)c(=O)c1[C@@H]2c1ccc(OCc2ccccc2)cc1. The van der Waals surface area contributed by atoms with E-state index in [4.69, 9.17) is 4.74 Å². The number of nitrogens with zero attached hydrogens (tertiary/aromatic N) is 1. The summed E-state index contributed by atoms with van der Waals surface area (Å²) in [6.45, 7) is 4.69. The molecule has 0 bridgehead atoms. The number of ketones is 1. The normalized spacial score (nSPS) is 18.1. The minimum atomic E-state index is -0.452. The van der Waals surface area contributed by atoms with Crippen molar-refractivity contribution in [2.45, 2.75) is 39.2 Å². The predicted octanol–water partition coefficient (Wildman–Crippen LogP) is 5.95. The van der Waals surface area contributed by atoms with E-state index in [1.54, 1.807) is 4.68 Å². The second kappa shape index (κ2) is 8.96. The van der Waals surface area contributed by atoms with E-state index in [0.717, 1.165) is 34.7 Å². The maximum atomic E-state index is 13.8. The van der Waals surface area contributed by atoms with Gasteiger partial charge in [0.15, 0.2) is 5.78 Å². The van der Waals surface area contributed by atoms with Crippen LogP contribution in [0, 0.1) is 5.41 Å². The molecule has 4 aromatic rings. The Kier molecular flexibility index (Phi) is 5.60. The molecule has 1 aliphatic carbocycles. The lowest BCUT2D eigenvalue weighted by atomic mass is 9.69. The zero-order valence-electron chi connectivity index (χ0n) is 21.0. The Morgan fingerprint density at radius 2 is 1.57 bits per heavy atom. The topological polar surface area (TPSA) is 76.1 Å². The minimum Gasteiger partial charge on any atom is -0.489 e. The van der Waals surface area contributed by atoms with Crippen LogP contribution < -0.4 is 15.6 Å². The lowest BCUT2D eigenvalue weighted by Crippen LogP contribution is -2.35. The molecule has 0 spiro atoms. The Labute approximate surface area is 215 Å². The standard InChI is InChI=1S/C31H29N3O3/c1-31(2)17-24-27(25(35)18-31)26(21-13-15-23(16-14-21)37-19-20-9-5-3-6-10-20)28-29(32-24)33-34(30(28)36)22-11-7-4-8-12-22/h3-16,26,32-33H,17-19H2,1-2H3/t26-/m1/s1. The Hall–Kier alpha value is -4.32. The van der Waals surface area contributed by atoms with Crippen LogP contribution in [-0.2, 0) is 11.4 Å². The van der Waals surface area contributed by atoms with Crippen molar-refractivity contribution in [2.24, 2.45) is 5.41 Å². The fourth-order valence-electron chi connectivity index (χ4n) is 5.48. The Balaban J connectivity index is 1.41. The number of Topliss-reactive ketones (excluding diaryl/α,β-unsaturated/α-hetero) is 1. The van der Waals surface area contributed by atoms with Gasteiger partial charge in [-0.2, -0.15) is 0 Å². The minimum absolute atomic E-state index is 0.0886. The highest BCUT2D eigenvalue weighted by Gasteiger charge is 2.42. The maximum Gasteiger partial charge on any atom is 0.277 e. The number of hydrogen-bond donors (Lipinski definition) is 2. The predicted molar refractivity (Wildman–Crippen MR) is 144 cm³/mol. The first-order valence-electron chi connectivity index (χ1n) is 12.6. The molecular formula is C31H29N3O3. The lowest BCUT2D eigenvalue weighted by Gasteiger charge is -2.37. The second-order valence-corrected chi connectivity index (χ2v) is 10.6. The molecule has 0 amide bonds. The van der Waals surface area contributed by atoms with Gasteiger partial charge in [0.25, 0.3) is 5.56 Å². The number of ether oxygens (including phenoxy) is 1. The van der Waals surface area contributed by atoms with Crippen molar-refractivity contribution < 1.29 is 9.53 Å². The van der Waals surface area contributed by atoms with E-state index < -0.39 is 5.92 Å². The molecule has 186 valence electrons. The summed E-state index contributed by atoms with van der Waals surface area (Å²) in [5.74, 6) is 1.02. The van der Waals surface area contributed by atoms with Crippen molar-refractivity contribution in [1.29, 1.82) is 0 Å². The van der Waals surface area contributed by atoms with Crippen LogP contribution in [0.25, 0.3) is 5.69 Å². The molecule has 1 atom stereocenters. The van der Waals surface area contributed by atoms with Crippen LogP contribution in [0.3, 0.4) is 0 Å². The van der Waals surface area contributed by atoms with Crippen molar-refractivity contribution in [3.8, 4) is 11.4 Å². The van der Waals surface area contributed by atoms with E-state index in [0.29, 0.717) is 30.0 Å². The highest BCUT2D eigenvalue weighted by molar-refractivity contribution is 6.01. The molecule has 0 unspecified atom stereocenters. The van der Waals surface area contributed by atoms with Crippen molar-refractivity contribution in [3.63, 3.8) is 0 Å². The fourth-order valence-corrected chi connectivity index (χ4v) is 5.48. The Morgan fingerprint density at radius 1 is 0.892 bits per heavy atom. The highest BCUT2D eigenvalue weighted by atomic mass is 16.5. The summed E-state index contributed by atoms with van der Waals surface area (Å²) in [7, 11) is 0. The van der Waals surface area contributed by atoms with Crippen molar-refractivity contribution in [1.82, 2.24) is 9.78 Å². The van der Waals surface area contributed by atoms with Gasteiger partial charge in [0.2, 0.25) is 0 Å². The van der Waals surface area contributed by atoms with E-state index in [1.165, 1.54) is 0 Å². The van der Waals surface area contributed by atoms with E-state index in [-0.39, 0.29) is 16.8 Å². The van der Waals surface area contributed by atoms with Crippen LogP contribution in [0.1, 0.15) is 49.3 Å². The summed E-state index contributed by atoms with van der Waals surface area (Å²) in [5, 5.41) is 6.69. The van der Waals surface area contributed by atoms with Crippen LogP contribution in [0.2, 0.25) is 0 Å². The number of fused-ring (bicyclic) bond motifs is 1. The number of aromatic amines is 1. The quantitative estimate of drug-likeness (QED) is 0.362. The molecule has 3 aromatic carbocycles. The van der Waals surface area contributed by atoms with Gasteiger partial charge in [-0.25, -0.2) is 4.68 Å². The molecule has 0 saturated heterocycles. The molecule has 2 N–H and O–H groups in total. The van der Waals surface area contributed by atoms with Gasteiger partial charge >= 0.3 is 0 Å². The molecule has 2 heterocycles. The van der Waals surface area contributed by atoms with Crippen LogP contribution in [0.15, 0.2) is 101 Å². The van der Waals surface area contributed by atoms with Crippen LogP contribution in [0.5, 0.6) is 5.75 Å². The van der Waals surface area contributed by atoms with Crippen LogP contribution in [-0.4, -0.2) is 15.6 Å². The molecule has 2 aliphatic rings. The second-order valence-electron chi connectivity index (χ2n) is 10.6. The summed E-state index contributed by atoms with van der Waals surface area (Å²) in [6.07, 6.45) is 1.19. The third kappa shape index (κ3) is 4.29. The average Bonchev–Trinajstić information content (AvgIpc) is 3.23. The molecule has 37 heavy (non-hydrogen) atoms. The number of hydrogen-bond acceptors (Lipinski definition) is 4. The number of rotatable bonds is 5. The number of allylic oxidation sites excluding steroid dienone is 2. The monoisotopic (exact) mass is 491 g/mol. The van der Waals surface area contributed by atoms with E-state index >= 15 is 0 Å². The number of carbonyl (C=O) groups is 1. The molecule has 6 rings (SSSR count). The molecule has 0 fully saturated rings. The molecular weight excluding hydrogens is 462 g/mol. The number of para-hydroxylation sites is 1. The lowest BCUT2D eigenvalue weighted by molar-refractivity contribution is -0.118. The van der Waals surface area contributed by atoms with Crippen molar-refractivity contribution >= 4 is 11.6 Å². The van der Waals surface area contributed by atoms with Gasteiger partial charge in [-0.3, -0.25) is 14.7 Å². The fraction of sp³-hybridized carbons (Fsp3) is 0.226. The largest absolute Gasteiger partial charge is 0.489 e. The summed E-state index contributed by atoms with van der Waals surface area (Å²) >= 11 is 0. The van der Waals surface area contributed by atoms with Gasteiger partial charge in [0.05, 0.1) is 11.3 Å². The molecule has 0 radical (unpaired) electrons. The van der Waals surface area contributed by atoms with Crippen molar-refractivity contribution in [3.05, 3.63) is 123 Å². The number of carbonyl (C=O) groups excluding carboxylic acids is 1. The summed E-state index contributed by atoms with van der Waals surface area (Å²) < 4.78 is 7.53. The van der Waals surface area contributed by atoms with Gasteiger partial charge in [-0.05, 0) is 47.2 Å². The average molecular weight is 492 g/mol. The van der Waals surface area contributed by atoms with Gasteiger partial charge in [0, 0.05) is 23.6 Å². The third-order valence-corrected chi connectivity index (χ3v) is 7.18. The molecule has 1 aromatic heterocycles. The number of nitrogens with one attached hydrogen (secondary N) is 2. The number of aromatic nitrogens is 2.